The summed E-state index contributed by atoms with van der Waals surface area (Å²) in [6.07, 6.45) is -4.24. The third-order valence-electron chi connectivity index (χ3n) is 4.13. The van der Waals surface area contributed by atoms with Gasteiger partial charge in [0.25, 0.3) is 0 Å². The first-order chi connectivity index (χ1) is 11.8. The van der Waals surface area contributed by atoms with Gasteiger partial charge in [0.2, 0.25) is 0 Å². The van der Waals surface area contributed by atoms with Crippen molar-refractivity contribution in [2.24, 2.45) is 0 Å². The molecule has 0 unspecified atom stereocenters. The maximum atomic E-state index is 14.4. The van der Waals surface area contributed by atoms with Crippen LogP contribution >= 0.6 is 23.1 Å². The highest BCUT2D eigenvalue weighted by Gasteiger charge is 2.28. The number of anilines is 2. The molecule has 2 nitrogen and oxygen atoms in total. The predicted molar refractivity (Wildman–Crippen MR) is 96.7 cm³/mol. The van der Waals surface area contributed by atoms with E-state index in [2.05, 4.69) is 16.3 Å². The lowest BCUT2D eigenvalue weighted by molar-refractivity contribution is -0.105. The fourth-order valence-corrected chi connectivity index (χ4v) is 4.31. The van der Waals surface area contributed by atoms with E-state index < -0.39 is 11.9 Å². The molecule has 1 aromatic heterocycles. The van der Waals surface area contributed by atoms with E-state index in [0.29, 0.717) is 41.0 Å². The average Bonchev–Trinajstić information content (AvgIpc) is 3.08. The van der Waals surface area contributed by atoms with E-state index in [1.807, 2.05) is 10.3 Å². The lowest BCUT2D eigenvalue weighted by Crippen LogP contribution is -2.46. The number of benzene rings is 1. The fourth-order valence-electron chi connectivity index (χ4n) is 2.84. The van der Waals surface area contributed by atoms with E-state index >= 15 is 0 Å². The number of hydrogen-bond donors (Lipinski definition) is 0. The Hall–Kier alpha value is -1.41. The van der Waals surface area contributed by atoms with Crippen LogP contribution in [0.2, 0.25) is 0 Å². The minimum Gasteiger partial charge on any atom is -0.367 e. The summed E-state index contributed by atoms with van der Waals surface area (Å²) in [6.45, 7) is 4.43. The topological polar surface area (TPSA) is 6.48 Å². The van der Waals surface area contributed by atoms with Crippen molar-refractivity contribution in [2.75, 3.05) is 41.7 Å². The summed E-state index contributed by atoms with van der Waals surface area (Å²) >= 11 is 2.35. The first kappa shape index (κ1) is 18.4. The second kappa shape index (κ2) is 7.45. The lowest BCUT2D eigenvalue weighted by atomic mass is 10.2. The van der Waals surface area contributed by atoms with Crippen molar-refractivity contribution in [1.29, 1.82) is 0 Å². The zero-order valence-electron chi connectivity index (χ0n) is 13.6. The van der Waals surface area contributed by atoms with Crippen molar-refractivity contribution >= 4 is 34.5 Å². The third-order valence-corrected chi connectivity index (χ3v) is 6.02. The number of rotatable bonds is 4. The molecule has 0 spiro atoms. The number of alkyl halides is 3. The Morgan fingerprint density at radius 3 is 2.40 bits per heavy atom. The Bertz CT molecular complexity index is 708. The number of hydrogen-bond acceptors (Lipinski definition) is 4. The predicted octanol–water partition coefficient (Wildman–Crippen LogP) is 5.18. The molecule has 0 N–H and O–H groups in total. The first-order valence-electron chi connectivity index (χ1n) is 7.85. The molecular formula is C17H18F4N2S2. The van der Waals surface area contributed by atoms with Crippen LogP contribution in [0.25, 0.3) is 0 Å². The molecule has 1 saturated heterocycles. The lowest BCUT2D eigenvalue weighted by Gasteiger charge is -2.37. The maximum Gasteiger partial charge on any atom is 0.398 e. The monoisotopic (exact) mass is 390 g/mol. The molecule has 0 aliphatic carbocycles. The van der Waals surface area contributed by atoms with Crippen molar-refractivity contribution in [3.8, 4) is 0 Å². The Labute approximate surface area is 152 Å². The van der Waals surface area contributed by atoms with Crippen molar-refractivity contribution in [3.63, 3.8) is 0 Å². The molecule has 1 fully saturated rings. The summed E-state index contributed by atoms with van der Waals surface area (Å²) in [5, 5.41) is 4.10. The van der Waals surface area contributed by atoms with Gasteiger partial charge in [-0.2, -0.15) is 24.5 Å². The average molecular weight is 390 g/mol. The summed E-state index contributed by atoms with van der Waals surface area (Å²) in [4.78, 5) is 4.63. The molecule has 0 saturated carbocycles. The van der Waals surface area contributed by atoms with Crippen LogP contribution in [-0.4, -0.2) is 38.1 Å². The second-order valence-corrected chi connectivity index (χ2v) is 7.73. The molecule has 1 aromatic carbocycles. The van der Waals surface area contributed by atoms with Crippen LogP contribution in [0.15, 0.2) is 33.9 Å². The van der Waals surface area contributed by atoms with Gasteiger partial charge in [-0.25, -0.2) is 4.39 Å². The van der Waals surface area contributed by atoms with Crippen molar-refractivity contribution in [3.05, 3.63) is 40.3 Å². The van der Waals surface area contributed by atoms with E-state index in [9.17, 15) is 17.6 Å². The van der Waals surface area contributed by atoms with E-state index in [-0.39, 0.29) is 5.82 Å². The summed E-state index contributed by atoms with van der Waals surface area (Å²) in [5.41, 5.74) is 2.09. The van der Waals surface area contributed by atoms with Crippen LogP contribution in [-0.2, 0) is 0 Å². The molecule has 2 aromatic rings. The van der Waals surface area contributed by atoms with Gasteiger partial charge in [-0.15, -0.1) is 11.8 Å². The van der Waals surface area contributed by atoms with Gasteiger partial charge >= 0.3 is 6.18 Å². The van der Waals surface area contributed by atoms with E-state index in [1.165, 1.54) is 6.07 Å². The van der Waals surface area contributed by atoms with Crippen LogP contribution in [0, 0.1) is 12.7 Å². The van der Waals surface area contributed by atoms with Crippen molar-refractivity contribution < 1.29 is 17.6 Å². The molecule has 2 heterocycles. The second-order valence-electron chi connectivity index (χ2n) is 5.93. The zero-order valence-corrected chi connectivity index (χ0v) is 15.3. The number of aryl methyl sites for hydroxylation is 1. The molecular weight excluding hydrogens is 372 g/mol. The smallest absolute Gasteiger partial charge is 0.367 e. The van der Waals surface area contributed by atoms with Gasteiger partial charge in [0.15, 0.2) is 0 Å². The zero-order chi connectivity index (χ0) is 18.0. The molecule has 25 heavy (non-hydrogen) atoms. The van der Waals surface area contributed by atoms with Crippen molar-refractivity contribution in [1.82, 2.24) is 0 Å². The van der Waals surface area contributed by atoms with Crippen LogP contribution in [0.5, 0.6) is 0 Å². The summed E-state index contributed by atoms with van der Waals surface area (Å²) in [7, 11) is 0. The highest BCUT2D eigenvalue weighted by Crippen LogP contribution is 2.34. The molecule has 0 atom stereocenters. The summed E-state index contributed by atoms with van der Waals surface area (Å²) < 4.78 is 51.8. The van der Waals surface area contributed by atoms with Crippen LogP contribution in [0.1, 0.15) is 5.56 Å². The SMILES string of the molecule is Cc1cc(F)c(N2CCN(c3ccsc3)CC2)cc1SCC(F)(F)F. The highest BCUT2D eigenvalue weighted by atomic mass is 32.2. The third kappa shape index (κ3) is 4.61. The molecule has 1 aliphatic rings. The molecule has 0 bridgehead atoms. The molecule has 8 heteroatoms. The molecule has 136 valence electrons. The van der Waals surface area contributed by atoms with Gasteiger partial charge in [0.05, 0.1) is 11.4 Å². The van der Waals surface area contributed by atoms with Gasteiger partial charge in [0.1, 0.15) is 5.82 Å². The van der Waals surface area contributed by atoms with E-state index in [0.717, 1.165) is 18.8 Å². The van der Waals surface area contributed by atoms with Gasteiger partial charge in [0, 0.05) is 42.1 Å². The van der Waals surface area contributed by atoms with E-state index in [1.54, 1.807) is 24.3 Å². The molecule has 3 rings (SSSR count). The Morgan fingerprint density at radius 2 is 1.80 bits per heavy atom. The number of nitrogens with zero attached hydrogens (tertiary/aromatic N) is 2. The Balaban J connectivity index is 1.71. The van der Waals surface area contributed by atoms with Crippen molar-refractivity contribution in [2.45, 2.75) is 18.0 Å². The molecule has 0 radical (unpaired) electrons. The number of thioether (sulfide) groups is 1. The number of thiophene rings is 1. The fraction of sp³-hybridized carbons (Fsp3) is 0.412. The van der Waals surface area contributed by atoms with Gasteiger partial charge < -0.3 is 9.80 Å². The quantitative estimate of drug-likeness (QED) is 0.525. The van der Waals surface area contributed by atoms with Crippen LogP contribution in [0.3, 0.4) is 0 Å². The first-order valence-corrected chi connectivity index (χ1v) is 9.78. The normalized spacial score (nSPS) is 15.7. The molecule has 1 aliphatic heterocycles. The minimum atomic E-state index is -4.24. The van der Waals surface area contributed by atoms with E-state index in [4.69, 9.17) is 0 Å². The summed E-state index contributed by atoms with van der Waals surface area (Å²) in [6, 6.07) is 4.94. The highest BCUT2D eigenvalue weighted by molar-refractivity contribution is 7.99. The largest absolute Gasteiger partial charge is 0.398 e. The standard InChI is InChI=1S/C17H18F4N2S2/c1-12-8-14(18)15(9-16(12)25-11-17(19,20)21)23-5-3-22(4-6-23)13-2-7-24-10-13/h2,7-10H,3-6,11H2,1H3. The maximum absolute atomic E-state index is 14.4. The Morgan fingerprint density at radius 1 is 1.12 bits per heavy atom. The minimum absolute atomic E-state index is 0.377. The van der Waals surface area contributed by atoms with Crippen LogP contribution < -0.4 is 9.80 Å². The number of piperazine rings is 1. The van der Waals surface area contributed by atoms with Crippen LogP contribution in [0.4, 0.5) is 28.9 Å². The van der Waals surface area contributed by atoms with Gasteiger partial charge in [-0.3, -0.25) is 0 Å². The molecule has 0 amide bonds. The van der Waals surface area contributed by atoms with Gasteiger partial charge in [-0.1, -0.05) is 0 Å². The number of halogens is 4. The van der Waals surface area contributed by atoms with Gasteiger partial charge in [-0.05, 0) is 36.1 Å². The summed E-state index contributed by atoms with van der Waals surface area (Å²) in [5.74, 6) is -1.34. The Kier molecular flexibility index (Phi) is 5.48.